The molecule has 3 N–H and O–H groups in total. The van der Waals surface area contributed by atoms with E-state index in [1.54, 1.807) is 0 Å². The lowest BCUT2D eigenvalue weighted by atomic mass is 10.0. The standard InChI is InChI=1S/C87H144O17P2/c1-5-9-13-17-21-25-29-33-37-39-40-42-46-48-52-56-60-64-68-72-85(90)98-78-83(104-87(92)74-70-66-62-58-54-50-44-36-32-28-24-20-16-12-8-4)80-102-106(95,96)100-76-81(88)75-99-105(93,94)101-79-82(103-86(91)73-69-65-61-57-53-49-43-35-31-27-23-19-15-11-7-3)77-97-84(89)71-67-63-59-55-51-47-45-41-38-34-30-26-22-18-14-10-6-2/h9-10,13-14,21-23,25-27,33-35,37-38,40,42-43,45,47-48,52,55,59-60,64,81-83,88H,5-8,11-12,15-20,24,28-32,36,39,41,44,46,49-51,53-54,56-58,61-63,65-80H2,1-4H3,(H,93,94)(H,95,96)/b13-9-,14-10-,25-21-,26-22-,27-23-,37-33-,38-34-,42-40-,43-35-,47-45-,52-48-,59-55-,64-60-. The van der Waals surface area contributed by atoms with Crippen molar-refractivity contribution in [2.24, 2.45) is 0 Å². The molecule has 0 aromatic heterocycles. The number of carbonyl (C=O) groups excluding carboxylic acids is 4. The Labute approximate surface area is 642 Å². The Morgan fingerprint density at radius 2 is 0.519 bits per heavy atom. The van der Waals surface area contributed by atoms with Crippen LogP contribution in [0.3, 0.4) is 0 Å². The minimum absolute atomic E-state index is 0.0325. The van der Waals surface area contributed by atoms with Gasteiger partial charge < -0.3 is 33.8 Å². The van der Waals surface area contributed by atoms with Crippen LogP contribution >= 0.6 is 15.6 Å². The fraction of sp³-hybridized carbons (Fsp3) is 0.655. The van der Waals surface area contributed by atoms with Crippen LogP contribution in [0, 0.1) is 0 Å². The molecule has 0 heterocycles. The predicted octanol–water partition coefficient (Wildman–Crippen LogP) is 24.0. The number of allylic oxidation sites excluding steroid dienone is 26. The maximum Gasteiger partial charge on any atom is 0.472 e. The third-order valence-corrected chi connectivity index (χ3v) is 18.4. The van der Waals surface area contributed by atoms with E-state index < -0.39 is 97.5 Å². The summed E-state index contributed by atoms with van der Waals surface area (Å²) in [6.45, 7) is 4.47. The zero-order chi connectivity index (χ0) is 77.4. The van der Waals surface area contributed by atoms with Crippen LogP contribution in [0.4, 0.5) is 0 Å². The van der Waals surface area contributed by atoms with Crippen molar-refractivity contribution < 1.29 is 80.2 Å². The van der Waals surface area contributed by atoms with Gasteiger partial charge in [0.25, 0.3) is 0 Å². The van der Waals surface area contributed by atoms with Crippen LogP contribution in [0.1, 0.15) is 310 Å². The van der Waals surface area contributed by atoms with Crippen molar-refractivity contribution in [1.29, 1.82) is 0 Å². The van der Waals surface area contributed by atoms with Crippen molar-refractivity contribution in [2.45, 2.75) is 329 Å². The van der Waals surface area contributed by atoms with Gasteiger partial charge in [0.05, 0.1) is 26.4 Å². The van der Waals surface area contributed by atoms with Gasteiger partial charge in [-0.15, -0.1) is 0 Å². The van der Waals surface area contributed by atoms with E-state index in [-0.39, 0.29) is 25.7 Å². The normalized spacial score (nSPS) is 14.7. The Hall–Kier alpha value is -5.32. The van der Waals surface area contributed by atoms with Crippen LogP contribution in [-0.2, 0) is 65.4 Å². The zero-order valence-electron chi connectivity index (χ0n) is 66.1. The molecule has 19 heteroatoms. The third-order valence-electron chi connectivity index (χ3n) is 16.5. The summed E-state index contributed by atoms with van der Waals surface area (Å²) in [5.74, 6) is -2.36. The number of hydrogen-bond acceptors (Lipinski definition) is 15. The number of phosphoric acid groups is 2. The van der Waals surface area contributed by atoms with Crippen molar-refractivity contribution in [3.63, 3.8) is 0 Å². The first kappa shape index (κ1) is 101. The highest BCUT2D eigenvalue weighted by Gasteiger charge is 2.30. The lowest BCUT2D eigenvalue weighted by Crippen LogP contribution is -2.30. The second kappa shape index (κ2) is 77.8. The summed E-state index contributed by atoms with van der Waals surface area (Å²) in [6, 6.07) is 0. The van der Waals surface area contributed by atoms with Gasteiger partial charge in [0.15, 0.2) is 12.2 Å². The Bertz CT molecular complexity index is 2630. The minimum Gasteiger partial charge on any atom is -0.462 e. The van der Waals surface area contributed by atoms with Crippen molar-refractivity contribution in [3.8, 4) is 0 Å². The maximum atomic E-state index is 13.1. The molecule has 0 aromatic carbocycles. The second-order valence-corrected chi connectivity index (χ2v) is 29.5. The topological polar surface area (TPSA) is 237 Å². The van der Waals surface area contributed by atoms with E-state index in [1.807, 2.05) is 30.4 Å². The number of aliphatic hydroxyl groups is 1. The Kier molecular flexibility index (Phi) is 73.9. The van der Waals surface area contributed by atoms with Crippen molar-refractivity contribution >= 4 is 39.5 Å². The van der Waals surface area contributed by atoms with E-state index in [4.69, 9.17) is 37.0 Å². The largest absolute Gasteiger partial charge is 0.472 e. The Balaban J connectivity index is 5.49. The molecule has 0 aromatic rings. The number of unbranched alkanes of at least 4 members (excludes halogenated alkanes) is 23. The summed E-state index contributed by atoms with van der Waals surface area (Å²) in [5, 5.41) is 10.6. The molecule has 0 bridgehead atoms. The lowest BCUT2D eigenvalue weighted by molar-refractivity contribution is -0.161. The first-order chi connectivity index (χ1) is 51.7. The van der Waals surface area contributed by atoms with Crippen LogP contribution in [-0.4, -0.2) is 96.7 Å². The number of carbonyl (C=O) groups is 4. The van der Waals surface area contributed by atoms with Crippen LogP contribution in [0.5, 0.6) is 0 Å². The summed E-state index contributed by atoms with van der Waals surface area (Å²) in [5.41, 5.74) is 0. The number of esters is 4. The van der Waals surface area contributed by atoms with Crippen LogP contribution < -0.4 is 0 Å². The molecule has 0 rings (SSSR count). The first-order valence-electron chi connectivity index (χ1n) is 40.7. The van der Waals surface area contributed by atoms with E-state index >= 15 is 0 Å². The molecule has 604 valence electrons. The van der Waals surface area contributed by atoms with Crippen molar-refractivity contribution in [3.05, 3.63) is 158 Å². The summed E-state index contributed by atoms with van der Waals surface area (Å²) in [7, 11) is -10.0. The van der Waals surface area contributed by atoms with Gasteiger partial charge in [-0.1, -0.05) is 308 Å². The quantitative estimate of drug-likeness (QED) is 0.0169. The summed E-state index contributed by atoms with van der Waals surface area (Å²) in [6.07, 6.45) is 91.0. The van der Waals surface area contributed by atoms with E-state index in [0.29, 0.717) is 38.5 Å². The third kappa shape index (κ3) is 76.9. The minimum atomic E-state index is -5.00. The summed E-state index contributed by atoms with van der Waals surface area (Å²) in [4.78, 5) is 73.0. The molecular weight excluding hydrogens is 1380 g/mol. The second-order valence-electron chi connectivity index (χ2n) is 26.6. The average molecular weight is 1520 g/mol. The van der Waals surface area contributed by atoms with Gasteiger partial charge in [0.2, 0.25) is 0 Å². The smallest absolute Gasteiger partial charge is 0.462 e. The van der Waals surface area contributed by atoms with Gasteiger partial charge in [-0.2, -0.15) is 0 Å². The molecule has 0 radical (unpaired) electrons. The van der Waals surface area contributed by atoms with Crippen LogP contribution in [0.2, 0.25) is 0 Å². The molecule has 5 unspecified atom stereocenters. The highest BCUT2D eigenvalue weighted by Crippen LogP contribution is 2.45. The molecule has 0 fully saturated rings. The van der Waals surface area contributed by atoms with E-state index in [2.05, 4.69) is 155 Å². The summed E-state index contributed by atoms with van der Waals surface area (Å²) < 4.78 is 68.5. The molecular formula is C87H144O17P2. The molecule has 17 nitrogen and oxygen atoms in total. The molecule has 0 aliphatic carbocycles. The summed E-state index contributed by atoms with van der Waals surface area (Å²) >= 11 is 0. The molecule has 0 spiro atoms. The van der Waals surface area contributed by atoms with Crippen LogP contribution in [0.25, 0.3) is 0 Å². The highest BCUT2D eigenvalue weighted by atomic mass is 31.2. The number of ether oxygens (including phenoxy) is 4. The lowest BCUT2D eigenvalue weighted by Gasteiger charge is -2.21. The molecule has 0 saturated heterocycles. The fourth-order valence-electron chi connectivity index (χ4n) is 10.4. The fourth-order valence-corrected chi connectivity index (χ4v) is 12.0. The van der Waals surface area contributed by atoms with Gasteiger partial charge in [-0.3, -0.25) is 37.3 Å². The molecule has 0 aliphatic rings. The Morgan fingerprint density at radius 1 is 0.274 bits per heavy atom. The van der Waals surface area contributed by atoms with E-state index in [9.17, 15) is 43.2 Å². The van der Waals surface area contributed by atoms with Gasteiger partial charge >= 0.3 is 39.5 Å². The maximum absolute atomic E-state index is 13.1. The molecule has 0 amide bonds. The van der Waals surface area contributed by atoms with E-state index in [1.165, 1.54) is 83.5 Å². The number of rotatable bonds is 75. The average Bonchev–Trinajstić information content (AvgIpc) is 0.909. The van der Waals surface area contributed by atoms with Gasteiger partial charge in [0.1, 0.15) is 19.3 Å². The zero-order valence-corrected chi connectivity index (χ0v) is 67.8. The number of aliphatic hydroxyl groups excluding tert-OH is 1. The van der Waals surface area contributed by atoms with Crippen molar-refractivity contribution in [2.75, 3.05) is 39.6 Å². The monoisotopic (exact) mass is 1520 g/mol. The van der Waals surface area contributed by atoms with E-state index in [0.717, 1.165) is 135 Å². The molecule has 106 heavy (non-hydrogen) atoms. The molecule has 5 atom stereocenters. The van der Waals surface area contributed by atoms with Crippen LogP contribution in [0.15, 0.2) is 158 Å². The molecule has 0 saturated carbocycles. The number of hydrogen-bond donors (Lipinski definition) is 3. The van der Waals surface area contributed by atoms with Crippen molar-refractivity contribution in [1.82, 2.24) is 0 Å². The molecule has 0 aliphatic heterocycles. The van der Waals surface area contributed by atoms with Gasteiger partial charge in [-0.05, 0) is 135 Å². The first-order valence-corrected chi connectivity index (χ1v) is 43.7. The van der Waals surface area contributed by atoms with Gasteiger partial charge in [-0.25, -0.2) is 9.13 Å². The van der Waals surface area contributed by atoms with Gasteiger partial charge in [0, 0.05) is 25.7 Å². The number of phosphoric ester groups is 2. The highest BCUT2D eigenvalue weighted by molar-refractivity contribution is 7.47. The SMILES string of the molecule is CC/C=C\C/C=C\C/C=C\C/C=C\C/C=C\C/C=C\CCC(=O)OCC(COP(=O)(O)OCC(O)COP(=O)(O)OCC(COC(=O)CCC/C=C\C/C=C\C/C=C\C/C=C\C/C=C\CC)OC(=O)CCCCCCC/C=C\C/C=C\CCCCC)OC(=O)CCCCCCCCCCCCCCCCC. The predicted molar refractivity (Wildman–Crippen MR) is 436 cm³/mol. The Morgan fingerprint density at radius 3 is 0.858 bits per heavy atom.